The Labute approximate surface area is 115 Å². The van der Waals surface area contributed by atoms with E-state index in [1.54, 1.807) is 19.1 Å². The number of phenolic OH excluding ortho intramolecular Hbond substituents is 1. The Kier molecular flexibility index (Phi) is 4.38. The molecular weight excluding hydrogens is 422 g/mol. The topological polar surface area (TPSA) is 46.5 Å². The zero-order chi connectivity index (χ0) is 11.6. The van der Waals surface area contributed by atoms with Gasteiger partial charge in [-0.15, -0.1) is 0 Å². The van der Waals surface area contributed by atoms with Crippen molar-refractivity contribution in [1.29, 1.82) is 0 Å². The van der Waals surface area contributed by atoms with Crippen LogP contribution in [0.4, 0.5) is 0 Å². The predicted molar refractivity (Wildman–Crippen MR) is 74.0 cm³/mol. The largest absolute Gasteiger partial charge is 0.507 e. The molecule has 0 aliphatic carbocycles. The smallest absolute Gasteiger partial charge is 0.338 e. The van der Waals surface area contributed by atoms with Crippen molar-refractivity contribution in [1.82, 2.24) is 0 Å². The number of esters is 1. The van der Waals surface area contributed by atoms with Crippen LogP contribution in [0, 0.1) is 7.14 Å². The van der Waals surface area contributed by atoms with Crippen molar-refractivity contribution in [3.63, 3.8) is 0 Å². The highest BCUT2D eigenvalue weighted by Gasteiger charge is 2.11. The molecule has 0 saturated carbocycles. The fourth-order valence-corrected chi connectivity index (χ4v) is 1.78. The number of hydrogen-bond donors (Lipinski definition) is 1. The molecular formula is C10H8I2O3. The first-order chi connectivity index (χ1) is 6.91. The zero-order valence-electron chi connectivity index (χ0n) is 7.88. The number of ether oxygens (including phenoxy) is 1. The van der Waals surface area contributed by atoms with E-state index < -0.39 is 5.97 Å². The molecule has 1 aromatic rings. The van der Waals surface area contributed by atoms with Crippen LogP contribution in [0.15, 0.2) is 24.3 Å². The molecule has 0 aliphatic heterocycles. The van der Waals surface area contributed by atoms with Crippen molar-refractivity contribution >= 4 is 51.2 Å². The first-order valence-corrected chi connectivity index (χ1v) is 6.13. The van der Waals surface area contributed by atoms with Gasteiger partial charge in [-0.1, -0.05) is 6.58 Å². The lowest BCUT2D eigenvalue weighted by atomic mass is 10.3. The highest BCUT2D eigenvalue weighted by Crippen LogP contribution is 2.30. The summed E-state index contributed by atoms with van der Waals surface area (Å²) < 4.78 is 6.40. The van der Waals surface area contributed by atoms with Gasteiger partial charge in [0.05, 0.1) is 7.14 Å². The van der Waals surface area contributed by atoms with E-state index in [-0.39, 0.29) is 5.75 Å². The van der Waals surface area contributed by atoms with Crippen LogP contribution < -0.4 is 4.74 Å². The average Bonchev–Trinajstić information content (AvgIpc) is 2.13. The van der Waals surface area contributed by atoms with Crippen LogP contribution in [0.25, 0.3) is 0 Å². The van der Waals surface area contributed by atoms with Crippen molar-refractivity contribution in [2.75, 3.05) is 0 Å². The molecule has 0 heterocycles. The van der Waals surface area contributed by atoms with Gasteiger partial charge in [0.15, 0.2) is 0 Å². The maximum Gasteiger partial charge on any atom is 0.338 e. The number of carbonyl (C=O) groups is 1. The lowest BCUT2D eigenvalue weighted by Gasteiger charge is -2.07. The number of rotatable bonds is 2. The molecule has 0 saturated heterocycles. The van der Waals surface area contributed by atoms with Crippen molar-refractivity contribution < 1.29 is 14.6 Å². The molecule has 1 rings (SSSR count). The summed E-state index contributed by atoms with van der Waals surface area (Å²) in [4.78, 5) is 11.3. The lowest BCUT2D eigenvalue weighted by molar-refractivity contribution is -0.130. The molecule has 0 spiro atoms. The third kappa shape index (κ3) is 3.33. The molecule has 15 heavy (non-hydrogen) atoms. The van der Waals surface area contributed by atoms with Gasteiger partial charge in [-0.25, -0.2) is 4.79 Å². The summed E-state index contributed by atoms with van der Waals surface area (Å²) in [5.74, 6) is 0.148. The molecule has 1 aromatic carbocycles. The van der Waals surface area contributed by atoms with Crippen molar-refractivity contribution in [3.8, 4) is 11.5 Å². The Balaban J connectivity index is 3.01. The van der Waals surface area contributed by atoms with E-state index in [2.05, 4.69) is 6.58 Å². The average molecular weight is 430 g/mol. The third-order valence-electron chi connectivity index (χ3n) is 1.55. The van der Waals surface area contributed by atoms with Gasteiger partial charge in [0.1, 0.15) is 11.5 Å². The maximum absolute atomic E-state index is 11.3. The standard InChI is InChI=1S/C10H8I2O3/c1-5(2)10(14)15-9-4-6(11)8(13)3-7(9)12/h3-4,13H,1H2,2H3. The summed E-state index contributed by atoms with van der Waals surface area (Å²) in [7, 11) is 0. The summed E-state index contributed by atoms with van der Waals surface area (Å²) in [5, 5.41) is 9.40. The van der Waals surface area contributed by atoms with Crippen molar-refractivity contribution in [3.05, 3.63) is 31.4 Å². The molecule has 0 unspecified atom stereocenters. The zero-order valence-corrected chi connectivity index (χ0v) is 12.2. The van der Waals surface area contributed by atoms with Crippen LogP contribution in [0.5, 0.6) is 11.5 Å². The first-order valence-electron chi connectivity index (χ1n) is 3.97. The van der Waals surface area contributed by atoms with Gasteiger partial charge < -0.3 is 9.84 Å². The summed E-state index contributed by atoms with van der Waals surface area (Å²) in [6.45, 7) is 5.08. The van der Waals surface area contributed by atoms with Crippen LogP contribution in [-0.4, -0.2) is 11.1 Å². The summed E-state index contributed by atoms with van der Waals surface area (Å²) in [6, 6.07) is 3.15. The Bertz CT molecular complexity index is 427. The summed E-state index contributed by atoms with van der Waals surface area (Å²) in [6.07, 6.45) is 0. The molecule has 0 atom stereocenters. The van der Waals surface area contributed by atoms with Crippen LogP contribution in [-0.2, 0) is 4.79 Å². The monoisotopic (exact) mass is 430 g/mol. The molecule has 0 bridgehead atoms. The molecule has 1 N–H and O–H groups in total. The summed E-state index contributed by atoms with van der Waals surface area (Å²) >= 11 is 3.95. The highest BCUT2D eigenvalue weighted by atomic mass is 127. The first kappa shape index (κ1) is 12.8. The van der Waals surface area contributed by atoms with Crippen LogP contribution >= 0.6 is 45.2 Å². The fraction of sp³-hybridized carbons (Fsp3) is 0.100. The Morgan fingerprint density at radius 3 is 2.53 bits per heavy atom. The SMILES string of the molecule is C=C(C)C(=O)Oc1cc(I)c(O)cc1I. The number of halogens is 2. The number of carbonyl (C=O) groups excluding carboxylic acids is 1. The van der Waals surface area contributed by atoms with Gasteiger partial charge in [-0.05, 0) is 64.2 Å². The molecule has 0 aliphatic rings. The minimum atomic E-state index is -0.464. The van der Waals surface area contributed by atoms with Crippen LogP contribution in [0.2, 0.25) is 0 Å². The van der Waals surface area contributed by atoms with E-state index in [0.29, 0.717) is 18.5 Å². The van der Waals surface area contributed by atoms with Gasteiger partial charge in [0.25, 0.3) is 0 Å². The quantitative estimate of drug-likeness (QED) is 0.340. The maximum atomic E-state index is 11.3. The summed E-state index contributed by atoms with van der Waals surface area (Å²) in [5.41, 5.74) is 0.342. The molecule has 0 fully saturated rings. The normalized spacial score (nSPS) is 9.80. The molecule has 5 heteroatoms. The highest BCUT2D eigenvalue weighted by molar-refractivity contribution is 14.1. The van der Waals surface area contributed by atoms with Gasteiger partial charge >= 0.3 is 5.97 Å². The second-order valence-electron chi connectivity index (χ2n) is 2.90. The third-order valence-corrected chi connectivity index (χ3v) is 3.26. The number of aromatic hydroxyl groups is 1. The second kappa shape index (κ2) is 5.15. The van der Waals surface area contributed by atoms with E-state index >= 15 is 0 Å². The van der Waals surface area contributed by atoms with E-state index in [9.17, 15) is 9.90 Å². The molecule has 80 valence electrons. The van der Waals surface area contributed by atoms with E-state index in [4.69, 9.17) is 4.74 Å². The number of phenols is 1. The Morgan fingerprint density at radius 1 is 1.40 bits per heavy atom. The lowest BCUT2D eigenvalue weighted by Crippen LogP contribution is -2.09. The van der Waals surface area contributed by atoms with Crippen molar-refractivity contribution in [2.45, 2.75) is 6.92 Å². The van der Waals surface area contributed by atoms with Crippen LogP contribution in [0.1, 0.15) is 6.92 Å². The Morgan fingerprint density at radius 2 is 2.00 bits per heavy atom. The van der Waals surface area contributed by atoms with Gasteiger partial charge in [-0.3, -0.25) is 0 Å². The molecule has 0 aromatic heterocycles. The predicted octanol–water partition coefficient (Wildman–Crippen LogP) is 3.08. The molecule has 3 nitrogen and oxygen atoms in total. The van der Waals surface area contributed by atoms with E-state index in [1.807, 2.05) is 45.2 Å². The fourth-order valence-electron chi connectivity index (χ4n) is 0.783. The van der Waals surface area contributed by atoms with Gasteiger partial charge in [-0.2, -0.15) is 0 Å². The second-order valence-corrected chi connectivity index (χ2v) is 5.23. The van der Waals surface area contributed by atoms with E-state index in [1.165, 1.54) is 0 Å². The molecule has 0 radical (unpaired) electrons. The van der Waals surface area contributed by atoms with Crippen LogP contribution in [0.3, 0.4) is 0 Å². The number of benzene rings is 1. The van der Waals surface area contributed by atoms with Gasteiger partial charge in [0.2, 0.25) is 0 Å². The molecule has 0 amide bonds. The minimum Gasteiger partial charge on any atom is -0.507 e. The Hall–Kier alpha value is -0.310. The van der Waals surface area contributed by atoms with Gasteiger partial charge in [0, 0.05) is 5.57 Å². The minimum absolute atomic E-state index is 0.176. The number of hydrogen-bond acceptors (Lipinski definition) is 3. The van der Waals surface area contributed by atoms with Crippen molar-refractivity contribution in [2.24, 2.45) is 0 Å². The van der Waals surface area contributed by atoms with E-state index in [0.717, 1.165) is 0 Å².